The molecule has 4 rings (SSSR count). The highest BCUT2D eigenvalue weighted by Gasteiger charge is 2.28. The lowest BCUT2D eigenvalue weighted by molar-refractivity contribution is 0.0713. The van der Waals surface area contributed by atoms with Crippen LogP contribution in [-0.4, -0.2) is 56.4 Å². The highest BCUT2D eigenvalue weighted by atomic mass is 32.2. The van der Waals surface area contributed by atoms with Crippen LogP contribution in [0.3, 0.4) is 0 Å². The van der Waals surface area contributed by atoms with Crippen LogP contribution < -0.4 is 10.6 Å². The predicted octanol–water partition coefficient (Wildman–Crippen LogP) is 3.44. The van der Waals surface area contributed by atoms with Gasteiger partial charge in [0.15, 0.2) is 9.84 Å². The lowest BCUT2D eigenvalue weighted by Gasteiger charge is -2.32. The smallest absolute Gasteiger partial charge is 0.319 e. The van der Waals surface area contributed by atoms with Crippen LogP contribution in [0, 0.1) is 24.2 Å². The second-order valence-electron chi connectivity index (χ2n) is 9.43. The van der Waals surface area contributed by atoms with Crippen molar-refractivity contribution >= 4 is 27.5 Å². The number of rotatable bonds is 5. The van der Waals surface area contributed by atoms with Crippen molar-refractivity contribution in [3.05, 3.63) is 64.7 Å². The molecule has 2 saturated heterocycles. The summed E-state index contributed by atoms with van der Waals surface area (Å²) in [7, 11) is -2.98. The van der Waals surface area contributed by atoms with Gasteiger partial charge in [-0.2, -0.15) is 5.26 Å². The van der Waals surface area contributed by atoms with Crippen molar-refractivity contribution < 1.29 is 18.0 Å². The number of nitriles is 1. The van der Waals surface area contributed by atoms with Gasteiger partial charge in [0.2, 0.25) is 0 Å². The van der Waals surface area contributed by atoms with Crippen LogP contribution in [0.4, 0.5) is 10.5 Å². The van der Waals surface area contributed by atoms with E-state index in [0.29, 0.717) is 48.8 Å². The molecule has 2 aromatic rings. The Morgan fingerprint density at radius 2 is 1.80 bits per heavy atom. The summed E-state index contributed by atoms with van der Waals surface area (Å²) in [6.07, 6.45) is 2.27. The van der Waals surface area contributed by atoms with E-state index in [9.17, 15) is 18.0 Å². The lowest BCUT2D eigenvalue weighted by atomic mass is 9.89. The number of sulfone groups is 1. The Kier molecular flexibility index (Phi) is 7.41. The molecule has 1 unspecified atom stereocenters. The molecule has 2 heterocycles. The summed E-state index contributed by atoms with van der Waals surface area (Å²) in [6.45, 7) is 3.45. The molecule has 2 aromatic carbocycles. The SMILES string of the molecule is Cc1ccc(C(=O)N2CCC(c3ccc(C#N)cc3)CC2)cc1NC(=O)NCC1CCS(=O)(=O)C1. The Balaban J connectivity index is 1.32. The average molecular weight is 495 g/mol. The number of carbonyl (C=O) groups excluding carboxylic acids is 2. The third-order valence-electron chi connectivity index (χ3n) is 6.90. The van der Waals surface area contributed by atoms with E-state index >= 15 is 0 Å². The van der Waals surface area contributed by atoms with Gasteiger partial charge in [-0.05, 0) is 73.4 Å². The minimum atomic E-state index is -2.98. The van der Waals surface area contributed by atoms with Crippen molar-refractivity contribution in [2.75, 3.05) is 36.5 Å². The molecule has 2 fully saturated rings. The summed E-state index contributed by atoms with van der Waals surface area (Å²) < 4.78 is 23.2. The van der Waals surface area contributed by atoms with Gasteiger partial charge in [0.25, 0.3) is 5.91 Å². The van der Waals surface area contributed by atoms with E-state index in [2.05, 4.69) is 16.7 Å². The maximum atomic E-state index is 13.1. The molecule has 35 heavy (non-hydrogen) atoms. The molecule has 0 radical (unpaired) electrons. The highest BCUT2D eigenvalue weighted by molar-refractivity contribution is 7.91. The van der Waals surface area contributed by atoms with Gasteiger partial charge in [-0.1, -0.05) is 18.2 Å². The van der Waals surface area contributed by atoms with E-state index in [1.54, 1.807) is 12.1 Å². The molecule has 0 aromatic heterocycles. The second kappa shape index (κ2) is 10.5. The number of anilines is 1. The highest BCUT2D eigenvalue weighted by Crippen LogP contribution is 2.29. The van der Waals surface area contributed by atoms with Crippen LogP contribution in [-0.2, 0) is 9.84 Å². The van der Waals surface area contributed by atoms with Gasteiger partial charge in [0.05, 0.1) is 23.1 Å². The van der Waals surface area contributed by atoms with Gasteiger partial charge < -0.3 is 15.5 Å². The Morgan fingerprint density at radius 1 is 1.09 bits per heavy atom. The third kappa shape index (κ3) is 6.20. The first-order valence-electron chi connectivity index (χ1n) is 11.9. The van der Waals surface area contributed by atoms with E-state index in [1.807, 2.05) is 42.2 Å². The van der Waals surface area contributed by atoms with E-state index in [1.165, 1.54) is 5.56 Å². The zero-order valence-electron chi connectivity index (χ0n) is 19.8. The maximum absolute atomic E-state index is 13.1. The maximum Gasteiger partial charge on any atom is 0.319 e. The van der Waals surface area contributed by atoms with Crippen molar-refractivity contribution in [2.45, 2.75) is 32.1 Å². The number of benzene rings is 2. The molecule has 0 spiro atoms. The molecular formula is C26H30N4O4S. The normalized spacial score (nSPS) is 19.7. The first-order chi connectivity index (χ1) is 16.7. The summed E-state index contributed by atoms with van der Waals surface area (Å²) in [5, 5.41) is 14.5. The molecule has 8 nitrogen and oxygen atoms in total. The van der Waals surface area contributed by atoms with Crippen molar-refractivity contribution in [1.29, 1.82) is 5.26 Å². The van der Waals surface area contributed by atoms with Gasteiger partial charge in [-0.15, -0.1) is 0 Å². The topological polar surface area (TPSA) is 119 Å². The molecule has 9 heteroatoms. The van der Waals surface area contributed by atoms with Crippen LogP contribution in [0.25, 0.3) is 0 Å². The van der Waals surface area contributed by atoms with Gasteiger partial charge in [-0.25, -0.2) is 13.2 Å². The first-order valence-corrected chi connectivity index (χ1v) is 13.7. The molecule has 2 aliphatic rings. The van der Waals surface area contributed by atoms with Crippen molar-refractivity contribution in [3.8, 4) is 6.07 Å². The summed E-state index contributed by atoms with van der Waals surface area (Å²) in [5.74, 6) is 0.517. The number of hydrogen-bond donors (Lipinski definition) is 2. The van der Waals surface area contributed by atoms with Crippen LogP contribution in [0.1, 0.15) is 52.2 Å². The lowest BCUT2D eigenvalue weighted by Crippen LogP contribution is -2.38. The van der Waals surface area contributed by atoms with Crippen molar-refractivity contribution in [3.63, 3.8) is 0 Å². The third-order valence-corrected chi connectivity index (χ3v) is 8.74. The molecule has 0 bridgehead atoms. The fourth-order valence-electron chi connectivity index (χ4n) is 4.75. The predicted molar refractivity (Wildman–Crippen MR) is 134 cm³/mol. The summed E-state index contributed by atoms with van der Waals surface area (Å²) in [6, 6.07) is 14.7. The molecular weight excluding hydrogens is 464 g/mol. The van der Waals surface area contributed by atoms with Crippen LogP contribution >= 0.6 is 0 Å². The number of urea groups is 1. The number of aryl methyl sites for hydroxylation is 1. The minimum absolute atomic E-state index is 0.0630. The first kappa shape index (κ1) is 24.7. The summed E-state index contributed by atoms with van der Waals surface area (Å²) in [5.41, 5.74) is 3.74. The number of piperidine rings is 1. The Hall–Kier alpha value is -3.38. The molecule has 3 amide bonds. The molecule has 2 aliphatic heterocycles. The number of nitrogens with one attached hydrogen (secondary N) is 2. The monoisotopic (exact) mass is 494 g/mol. The van der Waals surface area contributed by atoms with Gasteiger partial charge >= 0.3 is 6.03 Å². The fraction of sp³-hybridized carbons (Fsp3) is 0.423. The molecule has 2 N–H and O–H groups in total. The quantitative estimate of drug-likeness (QED) is 0.660. The van der Waals surface area contributed by atoms with Crippen LogP contribution in [0.15, 0.2) is 42.5 Å². The van der Waals surface area contributed by atoms with E-state index in [4.69, 9.17) is 5.26 Å². The number of amides is 3. The van der Waals surface area contributed by atoms with Crippen molar-refractivity contribution in [2.24, 2.45) is 5.92 Å². The van der Waals surface area contributed by atoms with Gasteiger partial charge in [-0.3, -0.25) is 4.79 Å². The summed E-state index contributed by atoms with van der Waals surface area (Å²) in [4.78, 5) is 27.4. The van der Waals surface area contributed by atoms with E-state index in [-0.39, 0.29) is 23.3 Å². The van der Waals surface area contributed by atoms with E-state index < -0.39 is 15.9 Å². The van der Waals surface area contributed by atoms with E-state index in [0.717, 1.165) is 18.4 Å². The fourth-order valence-corrected chi connectivity index (χ4v) is 6.62. The standard InChI is InChI=1S/C26H30N4O4S/c1-18-2-5-23(14-24(18)29-26(32)28-16-20-10-13-35(33,34)17-20)25(31)30-11-8-22(9-12-30)21-6-3-19(15-27)4-7-21/h2-7,14,20,22H,8-13,16-17H2,1H3,(H2,28,29,32). The number of nitrogens with zero attached hydrogens (tertiary/aromatic N) is 2. The Bertz CT molecular complexity index is 1240. The number of carbonyl (C=O) groups is 2. The minimum Gasteiger partial charge on any atom is -0.339 e. The zero-order valence-corrected chi connectivity index (χ0v) is 20.6. The second-order valence-corrected chi connectivity index (χ2v) is 11.7. The molecule has 1 atom stereocenters. The number of hydrogen-bond acceptors (Lipinski definition) is 5. The Morgan fingerprint density at radius 3 is 2.43 bits per heavy atom. The average Bonchev–Trinajstić information content (AvgIpc) is 3.22. The largest absolute Gasteiger partial charge is 0.339 e. The zero-order chi connectivity index (χ0) is 25.0. The van der Waals surface area contributed by atoms with Crippen LogP contribution in [0.5, 0.6) is 0 Å². The van der Waals surface area contributed by atoms with Gasteiger partial charge in [0.1, 0.15) is 0 Å². The Labute approximate surface area is 206 Å². The summed E-state index contributed by atoms with van der Waals surface area (Å²) >= 11 is 0. The van der Waals surface area contributed by atoms with Gasteiger partial charge in [0, 0.05) is 30.9 Å². The molecule has 184 valence electrons. The van der Waals surface area contributed by atoms with Crippen LogP contribution in [0.2, 0.25) is 0 Å². The number of likely N-dealkylation sites (tertiary alicyclic amines) is 1. The van der Waals surface area contributed by atoms with Crippen molar-refractivity contribution in [1.82, 2.24) is 10.2 Å². The molecule has 0 aliphatic carbocycles. The molecule has 0 saturated carbocycles.